The summed E-state index contributed by atoms with van der Waals surface area (Å²) in [6.45, 7) is 9.47. The number of nitrogens with zero attached hydrogens (tertiary/aromatic N) is 2. The molecule has 1 aromatic carbocycles. The number of nitrogens with one attached hydrogen (secondary N) is 2. The molecule has 0 aliphatic rings. The van der Waals surface area contributed by atoms with Gasteiger partial charge >= 0.3 is 0 Å². The molecular weight excluding hydrogens is 308 g/mol. The van der Waals surface area contributed by atoms with Crippen molar-refractivity contribution in [3.8, 4) is 5.75 Å². The minimum Gasteiger partial charge on any atom is -0.495 e. The van der Waals surface area contributed by atoms with E-state index in [4.69, 9.17) is 9.26 Å². The second-order valence-electron chi connectivity index (χ2n) is 6.67. The number of rotatable bonds is 5. The van der Waals surface area contributed by atoms with Crippen LogP contribution in [0.2, 0.25) is 0 Å². The highest BCUT2D eigenvalue weighted by Gasteiger charge is 2.23. The number of methoxy groups -OCH3 is 1. The second-order valence-corrected chi connectivity index (χ2v) is 6.67. The van der Waals surface area contributed by atoms with E-state index in [1.54, 1.807) is 25.3 Å². The maximum Gasteiger partial charge on any atom is 0.248 e. The molecule has 1 amide bonds. The Kier molecular flexibility index (Phi) is 5.11. The number of hydrogen-bond acceptors (Lipinski definition) is 6. The van der Waals surface area contributed by atoms with Gasteiger partial charge in [-0.05, 0) is 25.1 Å². The summed E-state index contributed by atoms with van der Waals surface area (Å²) in [5.41, 5.74) is 1.23. The van der Waals surface area contributed by atoms with Crippen molar-refractivity contribution >= 4 is 17.3 Å². The van der Waals surface area contributed by atoms with Crippen LogP contribution in [0.3, 0.4) is 0 Å². The van der Waals surface area contributed by atoms with E-state index >= 15 is 0 Å². The fraction of sp³-hybridized carbons (Fsp3) is 0.471. The van der Waals surface area contributed by atoms with Crippen LogP contribution in [0.5, 0.6) is 5.75 Å². The lowest BCUT2D eigenvalue weighted by atomic mass is 9.96. The van der Waals surface area contributed by atoms with Gasteiger partial charge in [0.05, 0.1) is 12.8 Å². The fourth-order valence-electron chi connectivity index (χ4n) is 2.11. The molecule has 0 radical (unpaired) electrons. The number of benzene rings is 1. The predicted molar refractivity (Wildman–Crippen MR) is 92.3 cm³/mol. The zero-order valence-electron chi connectivity index (χ0n) is 14.9. The van der Waals surface area contributed by atoms with Crippen LogP contribution in [-0.2, 0) is 10.2 Å². The Morgan fingerprint density at radius 3 is 2.58 bits per heavy atom. The number of anilines is 2. The van der Waals surface area contributed by atoms with Gasteiger partial charge in [0.1, 0.15) is 11.8 Å². The first-order chi connectivity index (χ1) is 11.2. The quantitative estimate of drug-likeness (QED) is 0.871. The van der Waals surface area contributed by atoms with Gasteiger partial charge in [-0.1, -0.05) is 25.9 Å². The SMILES string of the molecule is COc1ccc(NC(C)=O)cc1N[C@@H](C)c1nc(C(C)(C)C)no1. The molecule has 2 rings (SSSR count). The Hall–Kier alpha value is -2.57. The van der Waals surface area contributed by atoms with E-state index in [2.05, 4.69) is 20.8 Å². The number of ether oxygens (including phenoxy) is 1. The van der Waals surface area contributed by atoms with Gasteiger partial charge in [-0.25, -0.2) is 0 Å². The van der Waals surface area contributed by atoms with Crippen molar-refractivity contribution in [1.29, 1.82) is 0 Å². The lowest BCUT2D eigenvalue weighted by Gasteiger charge is -2.16. The van der Waals surface area contributed by atoms with Crippen LogP contribution < -0.4 is 15.4 Å². The highest BCUT2D eigenvalue weighted by atomic mass is 16.5. The molecule has 0 unspecified atom stereocenters. The van der Waals surface area contributed by atoms with Gasteiger partial charge in [-0.2, -0.15) is 4.98 Å². The van der Waals surface area contributed by atoms with Crippen molar-refractivity contribution in [2.45, 2.75) is 46.1 Å². The normalized spacial score (nSPS) is 12.6. The van der Waals surface area contributed by atoms with Gasteiger partial charge < -0.3 is 19.9 Å². The van der Waals surface area contributed by atoms with Crippen molar-refractivity contribution in [3.05, 3.63) is 29.9 Å². The molecule has 130 valence electrons. The van der Waals surface area contributed by atoms with Crippen molar-refractivity contribution < 1.29 is 14.1 Å². The number of carbonyl (C=O) groups is 1. The first-order valence-corrected chi connectivity index (χ1v) is 7.77. The molecule has 7 nitrogen and oxygen atoms in total. The Balaban J connectivity index is 2.22. The van der Waals surface area contributed by atoms with Gasteiger partial charge in [0.15, 0.2) is 5.82 Å². The molecule has 0 aliphatic carbocycles. The highest BCUT2D eigenvalue weighted by Crippen LogP contribution is 2.31. The van der Waals surface area contributed by atoms with E-state index in [1.165, 1.54) is 6.92 Å². The third-order valence-corrected chi connectivity index (χ3v) is 3.37. The van der Waals surface area contributed by atoms with Crippen LogP contribution in [0.4, 0.5) is 11.4 Å². The monoisotopic (exact) mass is 332 g/mol. The van der Waals surface area contributed by atoms with Crippen LogP contribution in [0, 0.1) is 0 Å². The average Bonchev–Trinajstić information content (AvgIpc) is 2.97. The van der Waals surface area contributed by atoms with Crippen LogP contribution in [0.25, 0.3) is 0 Å². The molecule has 2 N–H and O–H groups in total. The molecule has 0 bridgehead atoms. The summed E-state index contributed by atoms with van der Waals surface area (Å²) in [4.78, 5) is 15.7. The summed E-state index contributed by atoms with van der Waals surface area (Å²) >= 11 is 0. The standard InChI is InChI=1S/C17H24N4O3/c1-10(15-20-16(21-24-15)17(3,4)5)18-13-9-12(19-11(2)22)7-8-14(13)23-6/h7-10,18H,1-6H3,(H,19,22)/t10-/m0/s1. The Bertz CT molecular complexity index is 719. The van der Waals surface area contributed by atoms with Crippen molar-refractivity contribution in [1.82, 2.24) is 10.1 Å². The first-order valence-electron chi connectivity index (χ1n) is 7.77. The van der Waals surface area contributed by atoms with E-state index in [9.17, 15) is 4.79 Å². The largest absolute Gasteiger partial charge is 0.495 e. The van der Waals surface area contributed by atoms with Gasteiger partial charge in [0.2, 0.25) is 11.8 Å². The molecule has 0 saturated heterocycles. The molecule has 0 aliphatic heterocycles. The molecule has 2 aromatic rings. The molecule has 0 fully saturated rings. The van der Waals surface area contributed by atoms with Gasteiger partial charge in [-0.3, -0.25) is 4.79 Å². The fourth-order valence-corrected chi connectivity index (χ4v) is 2.11. The molecule has 1 atom stereocenters. The summed E-state index contributed by atoms with van der Waals surface area (Å²) in [7, 11) is 1.59. The summed E-state index contributed by atoms with van der Waals surface area (Å²) in [5, 5.41) is 10.1. The number of hydrogen-bond donors (Lipinski definition) is 2. The molecule has 7 heteroatoms. The van der Waals surface area contributed by atoms with Gasteiger partial charge in [0.25, 0.3) is 0 Å². The lowest BCUT2D eigenvalue weighted by Crippen LogP contribution is -2.14. The maximum absolute atomic E-state index is 11.2. The summed E-state index contributed by atoms with van der Waals surface area (Å²) in [6, 6.07) is 5.16. The molecule has 1 aromatic heterocycles. The van der Waals surface area contributed by atoms with Crippen molar-refractivity contribution in [2.75, 3.05) is 17.7 Å². The molecule has 0 spiro atoms. The zero-order valence-corrected chi connectivity index (χ0v) is 14.9. The number of carbonyl (C=O) groups excluding carboxylic acids is 1. The van der Waals surface area contributed by atoms with E-state index in [0.29, 0.717) is 23.2 Å². The van der Waals surface area contributed by atoms with Crippen LogP contribution in [0.15, 0.2) is 22.7 Å². The summed E-state index contributed by atoms with van der Waals surface area (Å²) in [5.74, 6) is 1.68. The summed E-state index contributed by atoms with van der Waals surface area (Å²) in [6.07, 6.45) is 0. The molecular formula is C17H24N4O3. The zero-order chi connectivity index (χ0) is 17.9. The Morgan fingerprint density at radius 2 is 2.04 bits per heavy atom. The minimum absolute atomic E-state index is 0.133. The Morgan fingerprint density at radius 1 is 1.33 bits per heavy atom. The first kappa shape index (κ1) is 17.8. The van der Waals surface area contributed by atoms with E-state index in [-0.39, 0.29) is 17.4 Å². The number of aromatic nitrogens is 2. The van der Waals surface area contributed by atoms with Crippen LogP contribution in [-0.4, -0.2) is 23.2 Å². The lowest BCUT2D eigenvalue weighted by molar-refractivity contribution is -0.114. The molecule has 1 heterocycles. The van der Waals surface area contributed by atoms with E-state index < -0.39 is 0 Å². The van der Waals surface area contributed by atoms with Crippen LogP contribution >= 0.6 is 0 Å². The van der Waals surface area contributed by atoms with Gasteiger partial charge in [-0.15, -0.1) is 0 Å². The molecule has 0 saturated carbocycles. The molecule has 24 heavy (non-hydrogen) atoms. The summed E-state index contributed by atoms with van der Waals surface area (Å²) < 4.78 is 10.7. The van der Waals surface area contributed by atoms with E-state index in [0.717, 1.165) is 5.69 Å². The minimum atomic E-state index is -0.213. The van der Waals surface area contributed by atoms with Gasteiger partial charge in [0, 0.05) is 18.0 Å². The van der Waals surface area contributed by atoms with Crippen molar-refractivity contribution in [2.24, 2.45) is 0 Å². The number of amides is 1. The topological polar surface area (TPSA) is 89.3 Å². The smallest absolute Gasteiger partial charge is 0.248 e. The Labute approximate surface area is 141 Å². The third kappa shape index (κ3) is 4.24. The predicted octanol–water partition coefficient (Wildman–Crippen LogP) is 3.51. The van der Waals surface area contributed by atoms with Crippen LogP contribution in [0.1, 0.15) is 52.4 Å². The third-order valence-electron chi connectivity index (χ3n) is 3.37. The maximum atomic E-state index is 11.2. The average molecular weight is 332 g/mol. The van der Waals surface area contributed by atoms with E-state index in [1.807, 2.05) is 27.7 Å². The van der Waals surface area contributed by atoms with Crippen molar-refractivity contribution in [3.63, 3.8) is 0 Å². The highest BCUT2D eigenvalue weighted by molar-refractivity contribution is 5.89. The second kappa shape index (κ2) is 6.90.